The fourth-order valence-electron chi connectivity index (χ4n) is 2.31. The Bertz CT molecular complexity index is 586. The minimum absolute atomic E-state index is 0.211. The molecule has 20 heavy (non-hydrogen) atoms. The van der Waals surface area contributed by atoms with Crippen molar-refractivity contribution in [1.82, 2.24) is 5.32 Å². The average molecular weight is 275 g/mol. The van der Waals surface area contributed by atoms with Crippen LogP contribution in [0.25, 0.3) is 0 Å². The molecule has 0 saturated heterocycles. The maximum atomic E-state index is 13.6. The first-order valence-corrected chi connectivity index (χ1v) is 6.35. The minimum atomic E-state index is -0.295. The third kappa shape index (κ3) is 2.75. The van der Waals surface area contributed by atoms with Gasteiger partial charge in [0, 0.05) is 11.1 Å². The van der Waals surface area contributed by atoms with Crippen LogP contribution in [-0.2, 0) is 0 Å². The Balaban J connectivity index is 2.55. The van der Waals surface area contributed by atoms with Crippen molar-refractivity contribution in [3.8, 4) is 11.5 Å². The summed E-state index contributed by atoms with van der Waals surface area (Å²) in [6, 6.07) is 11.9. The summed E-state index contributed by atoms with van der Waals surface area (Å²) < 4.78 is 24.3. The van der Waals surface area contributed by atoms with E-state index < -0.39 is 0 Å². The van der Waals surface area contributed by atoms with Gasteiger partial charge in [-0.1, -0.05) is 18.2 Å². The van der Waals surface area contributed by atoms with Crippen molar-refractivity contribution in [2.24, 2.45) is 0 Å². The van der Waals surface area contributed by atoms with Gasteiger partial charge >= 0.3 is 0 Å². The maximum absolute atomic E-state index is 13.6. The molecular weight excluding hydrogens is 257 g/mol. The molecule has 2 rings (SSSR count). The van der Waals surface area contributed by atoms with E-state index >= 15 is 0 Å². The lowest BCUT2D eigenvalue weighted by atomic mass is 9.97. The summed E-state index contributed by atoms with van der Waals surface area (Å²) in [5.41, 5.74) is 1.67. The van der Waals surface area contributed by atoms with Crippen LogP contribution in [-0.4, -0.2) is 21.3 Å². The zero-order valence-electron chi connectivity index (χ0n) is 11.8. The highest BCUT2D eigenvalue weighted by Gasteiger charge is 2.20. The van der Waals surface area contributed by atoms with Gasteiger partial charge in [0.15, 0.2) is 0 Å². The molecule has 3 nitrogen and oxygen atoms in total. The largest absolute Gasteiger partial charge is 0.496 e. The van der Waals surface area contributed by atoms with Crippen LogP contribution in [0.3, 0.4) is 0 Å². The second-order valence-corrected chi connectivity index (χ2v) is 4.35. The number of rotatable bonds is 5. The molecule has 0 spiro atoms. The molecule has 1 N–H and O–H groups in total. The van der Waals surface area contributed by atoms with Crippen LogP contribution in [0.15, 0.2) is 42.5 Å². The standard InChI is InChI=1S/C16H18FNO2/c1-18-16(12-6-4-5-7-14(12)19-2)13-10-11(17)8-9-15(13)20-3/h4-10,16,18H,1-3H3. The number of ether oxygens (including phenoxy) is 2. The molecule has 0 aliphatic carbocycles. The van der Waals surface area contributed by atoms with Crippen LogP contribution in [0.5, 0.6) is 11.5 Å². The molecule has 0 aliphatic heterocycles. The van der Waals surface area contributed by atoms with Gasteiger partial charge in [-0.2, -0.15) is 0 Å². The van der Waals surface area contributed by atoms with Crippen LogP contribution in [0.2, 0.25) is 0 Å². The first kappa shape index (κ1) is 14.3. The molecule has 0 saturated carbocycles. The summed E-state index contributed by atoms with van der Waals surface area (Å²) in [5.74, 6) is 1.09. The van der Waals surface area contributed by atoms with E-state index in [-0.39, 0.29) is 11.9 Å². The summed E-state index contributed by atoms with van der Waals surface area (Å²) in [6.45, 7) is 0. The number of hydrogen-bond donors (Lipinski definition) is 1. The molecule has 106 valence electrons. The van der Waals surface area contributed by atoms with Gasteiger partial charge in [-0.3, -0.25) is 0 Å². The van der Waals surface area contributed by atoms with Crippen molar-refractivity contribution in [2.75, 3.05) is 21.3 Å². The Morgan fingerprint density at radius 3 is 2.25 bits per heavy atom. The van der Waals surface area contributed by atoms with E-state index in [0.717, 1.165) is 16.9 Å². The number of nitrogens with one attached hydrogen (secondary N) is 1. The van der Waals surface area contributed by atoms with Crippen molar-refractivity contribution in [2.45, 2.75) is 6.04 Å². The van der Waals surface area contributed by atoms with E-state index in [2.05, 4.69) is 5.32 Å². The van der Waals surface area contributed by atoms with Crippen LogP contribution < -0.4 is 14.8 Å². The average Bonchev–Trinajstić information content (AvgIpc) is 2.49. The van der Waals surface area contributed by atoms with Crippen LogP contribution in [0.4, 0.5) is 4.39 Å². The highest BCUT2D eigenvalue weighted by atomic mass is 19.1. The molecule has 4 heteroatoms. The highest BCUT2D eigenvalue weighted by molar-refractivity contribution is 5.46. The Kier molecular flexibility index (Phi) is 4.58. The van der Waals surface area contributed by atoms with Crippen LogP contribution in [0.1, 0.15) is 17.2 Å². The Morgan fingerprint density at radius 1 is 0.950 bits per heavy atom. The SMILES string of the molecule is CNC(c1ccccc1OC)c1cc(F)ccc1OC. The van der Waals surface area contributed by atoms with Crippen molar-refractivity contribution < 1.29 is 13.9 Å². The molecule has 2 aromatic carbocycles. The topological polar surface area (TPSA) is 30.5 Å². The van der Waals surface area contributed by atoms with Crippen LogP contribution in [0, 0.1) is 5.82 Å². The number of methoxy groups -OCH3 is 2. The third-order valence-electron chi connectivity index (χ3n) is 3.24. The first-order valence-electron chi connectivity index (χ1n) is 6.35. The van der Waals surface area contributed by atoms with E-state index in [1.165, 1.54) is 12.1 Å². The van der Waals surface area contributed by atoms with Gasteiger partial charge in [0.25, 0.3) is 0 Å². The Hall–Kier alpha value is -2.07. The monoisotopic (exact) mass is 275 g/mol. The summed E-state index contributed by atoms with van der Waals surface area (Å²) in [7, 11) is 5.02. The molecule has 0 radical (unpaired) electrons. The minimum Gasteiger partial charge on any atom is -0.496 e. The van der Waals surface area contributed by atoms with Crippen molar-refractivity contribution in [3.05, 3.63) is 59.4 Å². The molecule has 2 aromatic rings. The third-order valence-corrected chi connectivity index (χ3v) is 3.24. The highest BCUT2D eigenvalue weighted by Crippen LogP contribution is 2.34. The van der Waals surface area contributed by atoms with Gasteiger partial charge in [0.1, 0.15) is 17.3 Å². The number of para-hydroxylation sites is 1. The molecule has 1 atom stereocenters. The molecule has 0 aliphatic rings. The van der Waals surface area contributed by atoms with E-state index in [1.54, 1.807) is 20.3 Å². The van der Waals surface area contributed by atoms with Gasteiger partial charge in [-0.25, -0.2) is 4.39 Å². The molecule has 0 aromatic heterocycles. The lowest BCUT2D eigenvalue weighted by Crippen LogP contribution is -2.19. The molecule has 0 heterocycles. The molecule has 0 bridgehead atoms. The quantitative estimate of drug-likeness (QED) is 0.909. The molecule has 0 fully saturated rings. The zero-order chi connectivity index (χ0) is 14.5. The van der Waals surface area contributed by atoms with Crippen LogP contribution >= 0.6 is 0 Å². The van der Waals surface area contributed by atoms with E-state index in [9.17, 15) is 4.39 Å². The summed E-state index contributed by atoms with van der Waals surface area (Å²) in [4.78, 5) is 0. The second-order valence-electron chi connectivity index (χ2n) is 4.35. The van der Waals surface area contributed by atoms with Gasteiger partial charge in [0.2, 0.25) is 0 Å². The number of hydrogen-bond acceptors (Lipinski definition) is 3. The van der Waals surface area contributed by atoms with E-state index in [1.807, 2.05) is 31.3 Å². The predicted octanol–water partition coefficient (Wildman–Crippen LogP) is 3.15. The van der Waals surface area contributed by atoms with Crippen molar-refractivity contribution in [1.29, 1.82) is 0 Å². The summed E-state index contributed by atoms with van der Waals surface area (Å²) >= 11 is 0. The maximum Gasteiger partial charge on any atom is 0.124 e. The summed E-state index contributed by atoms with van der Waals surface area (Å²) in [6.07, 6.45) is 0. The van der Waals surface area contributed by atoms with Gasteiger partial charge < -0.3 is 14.8 Å². The normalized spacial score (nSPS) is 12.0. The lowest BCUT2D eigenvalue weighted by Gasteiger charge is -2.21. The lowest BCUT2D eigenvalue weighted by molar-refractivity contribution is 0.395. The second kappa shape index (κ2) is 6.39. The molecular formula is C16H18FNO2. The van der Waals surface area contributed by atoms with E-state index in [4.69, 9.17) is 9.47 Å². The van der Waals surface area contributed by atoms with Gasteiger partial charge in [-0.15, -0.1) is 0 Å². The Labute approximate surface area is 118 Å². The molecule has 0 amide bonds. The fraction of sp³-hybridized carbons (Fsp3) is 0.250. The fourth-order valence-corrected chi connectivity index (χ4v) is 2.31. The van der Waals surface area contributed by atoms with Crippen molar-refractivity contribution >= 4 is 0 Å². The van der Waals surface area contributed by atoms with Crippen molar-refractivity contribution in [3.63, 3.8) is 0 Å². The predicted molar refractivity (Wildman–Crippen MR) is 76.8 cm³/mol. The van der Waals surface area contributed by atoms with Gasteiger partial charge in [-0.05, 0) is 31.3 Å². The summed E-state index contributed by atoms with van der Waals surface area (Å²) in [5, 5.41) is 3.18. The van der Waals surface area contributed by atoms with E-state index in [0.29, 0.717) is 5.75 Å². The first-order chi connectivity index (χ1) is 9.71. The number of benzene rings is 2. The van der Waals surface area contributed by atoms with Gasteiger partial charge in [0.05, 0.1) is 20.3 Å². The molecule has 1 unspecified atom stereocenters. The Morgan fingerprint density at radius 2 is 1.60 bits per heavy atom. The number of halogens is 1. The smallest absolute Gasteiger partial charge is 0.124 e. The zero-order valence-corrected chi connectivity index (χ0v) is 11.8.